The first-order valence-electron chi connectivity index (χ1n) is 10.2. The van der Waals surface area contributed by atoms with Crippen molar-refractivity contribution < 1.29 is 31.9 Å². The fourth-order valence-corrected chi connectivity index (χ4v) is 4.26. The van der Waals surface area contributed by atoms with Gasteiger partial charge in [0.15, 0.2) is 6.61 Å². The molecule has 0 saturated carbocycles. The summed E-state index contributed by atoms with van der Waals surface area (Å²) in [5.74, 6) is -2.62. The summed E-state index contributed by atoms with van der Waals surface area (Å²) in [6, 6.07) is 11.5. The molecule has 0 spiro atoms. The average Bonchev–Trinajstić information content (AvgIpc) is 2.79. The minimum atomic E-state index is -3.30. The molecule has 9 nitrogen and oxygen atoms in total. The molecule has 1 aliphatic heterocycles. The second-order valence-corrected chi connectivity index (χ2v) is 9.58. The maximum atomic E-state index is 13.0. The van der Waals surface area contributed by atoms with Crippen molar-refractivity contribution in [3.05, 3.63) is 59.9 Å². The molecule has 1 heterocycles. The zero-order valence-corrected chi connectivity index (χ0v) is 18.7. The molecular formula is C22H24FN3O6S. The van der Waals surface area contributed by atoms with E-state index in [0.717, 1.165) is 6.26 Å². The molecule has 0 bridgehead atoms. The number of sulfonamides is 1. The van der Waals surface area contributed by atoms with Crippen LogP contribution in [0.5, 0.6) is 0 Å². The Labute approximate surface area is 191 Å². The third-order valence-electron chi connectivity index (χ3n) is 5.15. The highest BCUT2D eigenvalue weighted by molar-refractivity contribution is 7.88. The lowest BCUT2D eigenvalue weighted by atomic mass is 9.98. The Hall–Kier alpha value is -3.31. The Balaban J connectivity index is 1.53. The first-order chi connectivity index (χ1) is 15.6. The number of amides is 2. The molecule has 0 radical (unpaired) electrons. The largest absolute Gasteiger partial charge is 0.455 e. The molecule has 33 heavy (non-hydrogen) atoms. The van der Waals surface area contributed by atoms with Gasteiger partial charge in [-0.15, -0.1) is 0 Å². The van der Waals surface area contributed by atoms with Crippen molar-refractivity contribution in [2.75, 3.05) is 36.6 Å². The second-order valence-electron chi connectivity index (χ2n) is 7.60. The molecule has 0 unspecified atom stereocenters. The molecule has 0 aromatic heterocycles. The van der Waals surface area contributed by atoms with E-state index in [1.807, 2.05) is 0 Å². The van der Waals surface area contributed by atoms with Crippen molar-refractivity contribution >= 4 is 39.2 Å². The number of benzene rings is 2. The van der Waals surface area contributed by atoms with Gasteiger partial charge in [0.2, 0.25) is 10.0 Å². The van der Waals surface area contributed by atoms with Gasteiger partial charge >= 0.3 is 5.97 Å². The summed E-state index contributed by atoms with van der Waals surface area (Å²) in [5.41, 5.74) is 0.785. The van der Waals surface area contributed by atoms with Gasteiger partial charge in [-0.1, -0.05) is 12.1 Å². The van der Waals surface area contributed by atoms with Gasteiger partial charge in [-0.25, -0.2) is 17.1 Å². The number of para-hydroxylation sites is 1. The standard InChI is InChI=1S/C22H24FN3O6S/c1-33(30,31)26-12-10-15(11-13-26)22(29)32-14-20(27)25-19-5-3-2-4-18(19)21(28)24-17-8-6-16(23)7-9-17/h2-9,15H,10-14H2,1H3,(H,24,28)(H,25,27). The highest BCUT2D eigenvalue weighted by atomic mass is 32.2. The normalized spacial score (nSPS) is 15.0. The van der Waals surface area contributed by atoms with Gasteiger partial charge in [0.25, 0.3) is 11.8 Å². The third kappa shape index (κ3) is 6.83. The molecule has 2 amide bonds. The van der Waals surface area contributed by atoms with Crippen LogP contribution in [0, 0.1) is 11.7 Å². The number of hydrogen-bond acceptors (Lipinski definition) is 6. The lowest BCUT2D eigenvalue weighted by molar-refractivity contribution is -0.152. The van der Waals surface area contributed by atoms with Crippen molar-refractivity contribution in [1.29, 1.82) is 0 Å². The molecule has 1 saturated heterocycles. The lowest BCUT2D eigenvalue weighted by Crippen LogP contribution is -2.40. The number of esters is 1. The first-order valence-corrected chi connectivity index (χ1v) is 12.1. The Kier molecular flexibility index (Phi) is 7.77. The summed E-state index contributed by atoms with van der Waals surface area (Å²) in [6.07, 6.45) is 1.76. The highest BCUT2D eigenvalue weighted by Crippen LogP contribution is 2.21. The predicted octanol–water partition coefficient (Wildman–Crippen LogP) is 2.23. The highest BCUT2D eigenvalue weighted by Gasteiger charge is 2.30. The number of anilines is 2. The Bertz CT molecular complexity index is 1130. The van der Waals surface area contributed by atoms with E-state index < -0.39 is 46.1 Å². The van der Waals surface area contributed by atoms with Crippen LogP contribution < -0.4 is 10.6 Å². The number of piperidine rings is 1. The fourth-order valence-electron chi connectivity index (χ4n) is 3.39. The van der Waals surface area contributed by atoms with Crippen molar-refractivity contribution in [2.45, 2.75) is 12.8 Å². The quantitative estimate of drug-likeness (QED) is 0.590. The maximum Gasteiger partial charge on any atom is 0.309 e. The van der Waals surface area contributed by atoms with Gasteiger partial charge in [-0.2, -0.15) is 0 Å². The number of carbonyl (C=O) groups excluding carboxylic acids is 3. The van der Waals surface area contributed by atoms with Crippen LogP contribution in [0.15, 0.2) is 48.5 Å². The van der Waals surface area contributed by atoms with E-state index in [9.17, 15) is 27.2 Å². The SMILES string of the molecule is CS(=O)(=O)N1CCC(C(=O)OCC(=O)Nc2ccccc2C(=O)Nc2ccc(F)cc2)CC1. The van der Waals surface area contributed by atoms with Gasteiger partial charge in [0.1, 0.15) is 5.82 Å². The van der Waals surface area contributed by atoms with Crippen LogP contribution in [0.4, 0.5) is 15.8 Å². The Morgan fingerprint density at radius 1 is 1.03 bits per heavy atom. The molecular weight excluding hydrogens is 453 g/mol. The van der Waals surface area contributed by atoms with Crippen molar-refractivity contribution in [1.82, 2.24) is 4.31 Å². The summed E-state index contributed by atoms with van der Waals surface area (Å²) in [7, 11) is -3.30. The average molecular weight is 478 g/mol. The van der Waals surface area contributed by atoms with Crippen LogP contribution in [-0.2, 0) is 24.3 Å². The molecule has 1 aliphatic rings. The monoisotopic (exact) mass is 477 g/mol. The minimum absolute atomic E-state index is 0.176. The summed E-state index contributed by atoms with van der Waals surface area (Å²) in [4.78, 5) is 37.1. The van der Waals surface area contributed by atoms with Crippen LogP contribution in [0.25, 0.3) is 0 Å². The van der Waals surface area contributed by atoms with Crippen molar-refractivity contribution in [2.24, 2.45) is 5.92 Å². The fraction of sp³-hybridized carbons (Fsp3) is 0.318. The Morgan fingerprint density at radius 3 is 2.30 bits per heavy atom. The smallest absolute Gasteiger partial charge is 0.309 e. The number of rotatable bonds is 7. The lowest BCUT2D eigenvalue weighted by Gasteiger charge is -2.28. The van der Waals surface area contributed by atoms with Gasteiger partial charge < -0.3 is 15.4 Å². The van der Waals surface area contributed by atoms with E-state index in [4.69, 9.17) is 4.74 Å². The topological polar surface area (TPSA) is 122 Å². The van der Waals surface area contributed by atoms with Crippen molar-refractivity contribution in [3.8, 4) is 0 Å². The summed E-state index contributed by atoms with van der Waals surface area (Å²) in [5, 5.41) is 5.16. The third-order valence-corrected chi connectivity index (χ3v) is 6.45. The first kappa shape index (κ1) is 24.3. The molecule has 2 N–H and O–H groups in total. The number of ether oxygens (including phenoxy) is 1. The van der Waals surface area contributed by atoms with Crippen LogP contribution in [0.2, 0.25) is 0 Å². The second kappa shape index (κ2) is 10.5. The number of nitrogens with zero attached hydrogens (tertiary/aromatic N) is 1. The minimum Gasteiger partial charge on any atom is -0.455 e. The van der Waals surface area contributed by atoms with Gasteiger partial charge in [0.05, 0.1) is 23.4 Å². The summed E-state index contributed by atoms with van der Waals surface area (Å²) >= 11 is 0. The Morgan fingerprint density at radius 2 is 1.67 bits per heavy atom. The number of hydrogen-bond donors (Lipinski definition) is 2. The van der Waals surface area contributed by atoms with E-state index in [1.165, 1.54) is 40.7 Å². The van der Waals surface area contributed by atoms with Crippen molar-refractivity contribution in [3.63, 3.8) is 0 Å². The van der Waals surface area contributed by atoms with E-state index >= 15 is 0 Å². The number of nitrogens with one attached hydrogen (secondary N) is 2. The molecule has 176 valence electrons. The predicted molar refractivity (Wildman–Crippen MR) is 120 cm³/mol. The zero-order valence-electron chi connectivity index (χ0n) is 17.9. The number of halogens is 1. The molecule has 1 fully saturated rings. The summed E-state index contributed by atoms with van der Waals surface area (Å²) in [6.45, 7) is -0.0955. The molecule has 2 aromatic carbocycles. The van der Waals surface area contributed by atoms with Crippen LogP contribution in [0.3, 0.4) is 0 Å². The van der Waals surface area contributed by atoms with E-state index in [2.05, 4.69) is 10.6 Å². The van der Waals surface area contributed by atoms with E-state index in [1.54, 1.807) is 12.1 Å². The van der Waals surface area contributed by atoms with Crippen LogP contribution >= 0.6 is 0 Å². The molecule has 0 aliphatic carbocycles. The van der Waals surface area contributed by atoms with Gasteiger partial charge in [-0.3, -0.25) is 14.4 Å². The van der Waals surface area contributed by atoms with Gasteiger partial charge in [-0.05, 0) is 49.2 Å². The van der Waals surface area contributed by atoms with Crippen LogP contribution in [-0.4, -0.2) is 56.5 Å². The van der Waals surface area contributed by atoms with E-state index in [-0.39, 0.29) is 24.3 Å². The van der Waals surface area contributed by atoms with Crippen LogP contribution in [0.1, 0.15) is 23.2 Å². The maximum absolute atomic E-state index is 13.0. The molecule has 0 atom stereocenters. The zero-order chi connectivity index (χ0) is 24.0. The molecule has 11 heteroatoms. The molecule has 2 aromatic rings. The molecule has 3 rings (SSSR count). The number of carbonyl (C=O) groups is 3. The van der Waals surface area contributed by atoms with Gasteiger partial charge in [0, 0.05) is 18.8 Å². The van der Waals surface area contributed by atoms with E-state index in [0.29, 0.717) is 18.5 Å². The summed E-state index contributed by atoms with van der Waals surface area (Å²) < 4.78 is 42.5.